The molecule has 4 heteroatoms. The van der Waals surface area contributed by atoms with E-state index in [1.165, 1.54) is 25.0 Å². The second kappa shape index (κ2) is 6.81. The van der Waals surface area contributed by atoms with Crippen LogP contribution in [0.3, 0.4) is 0 Å². The average molecular weight is 255 g/mol. The fourth-order valence-electron chi connectivity index (χ4n) is 1.72. The third kappa shape index (κ3) is 4.70. The summed E-state index contributed by atoms with van der Waals surface area (Å²) < 4.78 is 31.4. The van der Waals surface area contributed by atoms with Crippen molar-refractivity contribution in [3.05, 3.63) is 35.4 Å². The van der Waals surface area contributed by atoms with Crippen LogP contribution in [-0.2, 0) is 11.3 Å². The Balaban J connectivity index is 1.53. The van der Waals surface area contributed by atoms with E-state index in [1.54, 1.807) is 0 Å². The molecule has 1 aromatic rings. The summed E-state index contributed by atoms with van der Waals surface area (Å²) in [4.78, 5) is 0. The van der Waals surface area contributed by atoms with Gasteiger partial charge in [0, 0.05) is 31.4 Å². The van der Waals surface area contributed by atoms with Gasteiger partial charge in [-0.25, -0.2) is 8.78 Å². The molecule has 1 aliphatic carbocycles. The minimum absolute atomic E-state index is 0.425. The van der Waals surface area contributed by atoms with Gasteiger partial charge in [-0.15, -0.1) is 0 Å². The van der Waals surface area contributed by atoms with Gasteiger partial charge in [-0.3, -0.25) is 0 Å². The van der Waals surface area contributed by atoms with Gasteiger partial charge in [0.2, 0.25) is 0 Å². The number of nitrogens with one attached hydrogen (secondary N) is 1. The van der Waals surface area contributed by atoms with E-state index in [0.717, 1.165) is 38.2 Å². The first-order chi connectivity index (χ1) is 8.75. The molecule has 18 heavy (non-hydrogen) atoms. The quantitative estimate of drug-likeness (QED) is 0.721. The van der Waals surface area contributed by atoms with E-state index in [1.807, 2.05) is 0 Å². The first-order valence-corrected chi connectivity index (χ1v) is 6.48. The smallest absolute Gasteiger partial charge is 0.130 e. The van der Waals surface area contributed by atoms with Crippen molar-refractivity contribution in [3.63, 3.8) is 0 Å². The molecule has 1 N–H and O–H groups in total. The lowest BCUT2D eigenvalue weighted by Gasteiger charge is -2.06. The molecule has 2 rings (SSSR count). The molecule has 1 saturated carbocycles. The Labute approximate surface area is 106 Å². The lowest BCUT2D eigenvalue weighted by Crippen LogP contribution is -2.17. The molecule has 1 fully saturated rings. The highest BCUT2D eigenvalue weighted by Crippen LogP contribution is 2.28. The largest absolute Gasteiger partial charge is 0.381 e. The summed E-state index contributed by atoms with van der Waals surface area (Å²) in [5.74, 6) is -0.233. The van der Waals surface area contributed by atoms with Gasteiger partial charge in [0.25, 0.3) is 0 Å². The summed E-state index contributed by atoms with van der Waals surface area (Å²) in [6.45, 7) is 2.83. The summed E-state index contributed by atoms with van der Waals surface area (Å²) in [5, 5.41) is 3.12. The van der Waals surface area contributed by atoms with E-state index >= 15 is 0 Å². The summed E-state index contributed by atoms with van der Waals surface area (Å²) >= 11 is 0. The van der Waals surface area contributed by atoms with E-state index in [-0.39, 0.29) is 0 Å². The first-order valence-electron chi connectivity index (χ1n) is 6.48. The van der Waals surface area contributed by atoms with E-state index in [0.29, 0.717) is 12.1 Å². The van der Waals surface area contributed by atoms with Crippen molar-refractivity contribution in [2.75, 3.05) is 19.8 Å². The predicted molar refractivity (Wildman–Crippen MR) is 66.2 cm³/mol. The number of hydrogen-bond acceptors (Lipinski definition) is 2. The fourth-order valence-corrected chi connectivity index (χ4v) is 1.72. The second-order valence-electron chi connectivity index (χ2n) is 4.78. The van der Waals surface area contributed by atoms with E-state index in [9.17, 15) is 8.78 Å². The van der Waals surface area contributed by atoms with E-state index in [4.69, 9.17) is 4.74 Å². The fraction of sp³-hybridized carbons (Fsp3) is 0.571. The Hall–Kier alpha value is -1.00. The van der Waals surface area contributed by atoms with Gasteiger partial charge in [0.05, 0.1) is 0 Å². The number of hydrogen-bond donors (Lipinski definition) is 1. The number of ether oxygens (including phenoxy) is 1. The molecule has 2 nitrogen and oxygen atoms in total. The molecule has 0 aliphatic heterocycles. The average Bonchev–Trinajstić information content (AvgIpc) is 3.14. The zero-order valence-corrected chi connectivity index (χ0v) is 10.4. The topological polar surface area (TPSA) is 21.3 Å². The van der Waals surface area contributed by atoms with Gasteiger partial charge < -0.3 is 10.1 Å². The van der Waals surface area contributed by atoms with E-state index < -0.39 is 11.6 Å². The van der Waals surface area contributed by atoms with Gasteiger partial charge in [-0.1, -0.05) is 6.07 Å². The molecular weight excluding hydrogens is 236 g/mol. The van der Waals surface area contributed by atoms with Crippen LogP contribution in [0.4, 0.5) is 8.78 Å². The maximum absolute atomic E-state index is 13.3. The van der Waals surface area contributed by atoms with Crippen molar-refractivity contribution in [3.8, 4) is 0 Å². The van der Waals surface area contributed by atoms with Crippen molar-refractivity contribution in [2.24, 2.45) is 5.92 Å². The summed E-state index contributed by atoms with van der Waals surface area (Å²) in [6, 6.07) is 3.66. The molecule has 0 heterocycles. The standard InChI is InChI=1S/C14H19F2NO/c15-13-5-4-12(14(16)8-13)9-17-6-1-7-18-10-11-2-3-11/h4-5,8,11,17H,1-3,6-7,9-10H2. The number of benzene rings is 1. The summed E-state index contributed by atoms with van der Waals surface area (Å²) in [6.07, 6.45) is 3.53. The molecule has 0 atom stereocenters. The molecule has 0 saturated heterocycles. The molecule has 0 bridgehead atoms. The molecule has 1 aliphatic rings. The van der Waals surface area contributed by atoms with Crippen LogP contribution < -0.4 is 5.32 Å². The number of halogens is 2. The lowest BCUT2D eigenvalue weighted by atomic mass is 10.2. The second-order valence-corrected chi connectivity index (χ2v) is 4.78. The molecule has 0 unspecified atom stereocenters. The SMILES string of the molecule is Fc1ccc(CNCCCOCC2CC2)c(F)c1. The number of rotatable bonds is 8. The third-order valence-corrected chi connectivity index (χ3v) is 3.02. The summed E-state index contributed by atoms with van der Waals surface area (Å²) in [5.41, 5.74) is 0.496. The van der Waals surface area contributed by atoms with Crippen molar-refractivity contribution < 1.29 is 13.5 Å². The van der Waals surface area contributed by atoms with Crippen LogP contribution >= 0.6 is 0 Å². The minimum atomic E-state index is -0.537. The third-order valence-electron chi connectivity index (χ3n) is 3.02. The highest BCUT2D eigenvalue weighted by molar-refractivity contribution is 5.18. The van der Waals surface area contributed by atoms with Crippen molar-refractivity contribution in [2.45, 2.75) is 25.8 Å². The molecular formula is C14H19F2NO. The van der Waals surface area contributed by atoms with E-state index in [2.05, 4.69) is 5.32 Å². The highest BCUT2D eigenvalue weighted by atomic mass is 19.1. The van der Waals surface area contributed by atoms with Crippen molar-refractivity contribution in [1.82, 2.24) is 5.32 Å². The summed E-state index contributed by atoms with van der Waals surface area (Å²) in [7, 11) is 0. The van der Waals surface area contributed by atoms with Gasteiger partial charge in [0.15, 0.2) is 0 Å². The Morgan fingerprint density at radius 3 is 2.83 bits per heavy atom. The van der Waals surface area contributed by atoms with Gasteiger partial charge in [-0.2, -0.15) is 0 Å². The van der Waals surface area contributed by atoms with Crippen LogP contribution in [-0.4, -0.2) is 19.8 Å². The highest BCUT2D eigenvalue weighted by Gasteiger charge is 2.20. The molecule has 100 valence electrons. The predicted octanol–water partition coefficient (Wildman–Crippen LogP) is 2.87. The lowest BCUT2D eigenvalue weighted by molar-refractivity contribution is 0.122. The maximum atomic E-state index is 13.3. The maximum Gasteiger partial charge on any atom is 0.130 e. The van der Waals surface area contributed by atoms with Crippen molar-refractivity contribution >= 4 is 0 Å². The zero-order chi connectivity index (χ0) is 12.8. The normalized spacial score (nSPS) is 15.0. The van der Waals surface area contributed by atoms with Crippen LogP contribution in [0.1, 0.15) is 24.8 Å². The minimum Gasteiger partial charge on any atom is -0.381 e. The Bertz CT molecular complexity index is 380. The van der Waals surface area contributed by atoms with Crippen molar-refractivity contribution in [1.29, 1.82) is 0 Å². The molecule has 0 spiro atoms. The zero-order valence-electron chi connectivity index (χ0n) is 10.4. The van der Waals surface area contributed by atoms with Gasteiger partial charge in [-0.05, 0) is 37.8 Å². The van der Waals surface area contributed by atoms with Crippen LogP contribution in [0, 0.1) is 17.6 Å². The van der Waals surface area contributed by atoms with Crippen LogP contribution in [0.15, 0.2) is 18.2 Å². The van der Waals surface area contributed by atoms with Gasteiger partial charge in [0.1, 0.15) is 11.6 Å². The molecule has 0 amide bonds. The Kier molecular flexibility index (Phi) is 5.08. The first kappa shape index (κ1) is 13.4. The van der Waals surface area contributed by atoms with Crippen LogP contribution in [0.2, 0.25) is 0 Å². The molecule has 0 aromatic heterocycles. The Morgan fingerprint density at radius 2 is 2.11 bits per heavy atom. The van der Waals surface area contributed by atoms with Crippen LogP contribution in [0.25, 0.3) is 0 Å². The monoisotopic (exact) mass is 255 g/mol. The Morgan fingerprint density at radius 1 is 1.28 bits per heavy atom. The molecule has 1 aromatic carbocycles. The van der Waals surface area contributed by atoms with Gasteiger partial charge >= 0.3 is 0 Å². The van der Waals surface area contributed by atoms with Crippen LogP contribution in [0.5, 0.6) is 0 Å². The molecule has 0 radical (unpaired) electrons.